The van der Waals surface area contributed by atoms with E-state index in [2.05, 4.69) is 5.16 Å². The van der Waals surface area contributed by atoms with Gasteiger partial charge in [-0.15, -0.1) is 0 Å². The molecule has 1 aromatic rings. The Labute approximate surface area is 106 Å². The third-order valence-electron chi connectivity index (χ3n) is 2.29. The smallest absolute Gasteiger partial charge is 0.220 e. The van der Waals surface area contributed by atoms with E-state index in [0.29, 0.717) is 11.5 Å². The fraction of sp³-hybridized carbons (Fsp3) is 0.700. The number of hydrogen-bond donors (Lipinski definition) is 1. The molecular weight excluding hydrogens is 260 g/mol. The van der Waals surface area contributed by atoms with Crippen LogP contribution in [0.1, 0.15) is 11.5 Å². The molecule has 0 radical (unpaired) electrons. The SMILES string of the molecule is COCCN(CCO)S(=O)(=O)Cc1cc(C)on1. The minimum atomic E-state index is -3.53. The first-order valence-electron chi connectivity index (χ1n) is 5.49. The van der Waals surface area contributed by atoms with Crippen LogP contribution in [-0.2, 0) is 20.5 Å². The third-order valence-corrected chi connectivity index (χ3v) is 4.11. The maximum Gasteiger partial charge on any atom is 0.220 e. The fourth-order valence-corrected chi connectivity index (χ4v) is 2.86. The highest BCUT2D eigenvalue weighted by Crippen LogP contribution is 2.10. The van der Waals surface area contributed by atoms with Gasteiger partial charge in [0.2, 0.25) is 10.0 Å². The molecule has 0 fully saturated rings. The number of aromatic nitrogens is 1. The summed E-state index contributed by atoms with van der Waals surface area (Å²) in [5.41, 5.74) is 0.354. The molecule has 0 saturated carbocycles. The Kier molecular flexibility index (Phi) is 5.73. The molecule has 0 aromatic carbocycles. The van der Waals surface area contributed by atoms with Crippen molar-refractivity contribution in [3.8, 4) is 0 Å². The van der Waals surface area contributed by atoms with Gasteiger partial charge in [0, 0.05) is 26.3 Å². The largest absolute Gasteiger partial charge is 0.395 e. The van der Waals surface area contributed by atoms with Gasteiger partial charge in [-0.3, -0.25) is 0 Å². The Balaban J connectivity index is 2.74. The Morgan fingerprint density at radius 1 is 1.50 bits per heavy atom. The zero-order valence-corrected chi connectivity index (χ0v) is 11.3. The van der Waals surface area contributed by atoms with Crippen LogP contribution < -0.4 is 0 Å². The highest BCUT2D eigenvalue weighted by Gasteiger charge is 2.23. The maximum absolute atomic E-state index is 12.1. The number of sulfonamides is 1. The van der Waals surface area contributed by atoms with E-state index in [4.69, 9.17) is 14.4 Å². The Hall–Kier alpha value is -0.960. The monoisotopic (exact) mass is 278 g/mol. The van der Waals surface area contributed by atoms with Crippen molar-refractivity contribution in [3.63, 3.8) is 0 Å². The van der Waals surface area contributed by atoms with Crippen LogP contribution in [0.2, 0.25) is 0 Å². The molecule has 0 aliphatic rings. The topological polar surface area (TPSA) is 92.9 Å². The number of nitrogens with zero attached hydrogens (tertiary/aromatic N) is 2. The number of ether oxygens (including phenoxy) is 1. The minimum absolute atomic E-state index is 0.0442. The first kappa shape index (κ1) is 15.1. The van der Waals surface area contributed by atoms with Gasteiger partial charge < -0.3 is 14.4 Å². The van der Waals surface area contributed by atoms with Gasteiger partial charge in [-0.05, 0) is 6.92 Å². The molecule has 18 heavy (non-hydrogen) atoms. The van der Waals surface area contributed by atoms with Gasteiger partial charge in [-0.2, -0.15) is 4.31 Å². The predicted octanol–water partition coefficient (Wildman–Crippen LogP) is -0.246. The molecule has 0 atom stereocenters. The van der Waals surface area contributed by atoms with Crippen molar-refractivity contribution in [2.24, 2.45) is 0 Å². The van der Waals surface area contributed by atoms with Gasteiger partial charge in [-0.1, -0.05) is 5.16 Å². The number of hydrogen-bond acceptors (Lipinski definition) is 6. The summed E-state index contributed by atoms with van der Waals surface area (Å²) in [5, 5.41) is 12.5. The summed E-state index contributed by atoms with van der Waals surface area (Å²) in [4.78, 5) is 0. The lowest BCUT2D eigenvalue weighted by atomic mass is 10.4. The molecule has 1 aromatic heterocycles. The molecule has 0 bridgehead atoms. The molecule has 0 spiro atoms. The maximum atomic E-state index is 12.1. The highest BCUT2D eigenvalue weighted by molar-refractivity contribution is 7.88. The quantitative estimate of drug-likeness (QED) is 0.705. The van der Waals surface area contributed by atoms with E-state index < -0.39 is 10.0 Å². The summed E-state index contributed by atoms with van der Waals surface area (Å²) in [6.45, 7) is 1.98. The van der Waals surface area contributed by atoms with Crippen LogP contribution in [0.4, 0.5) is 0 Å². The van der Waals surface area contributed by atoms with E-state index >= 15 is 0 Å². The van der Waals surface area contributed by atoms with Crippen LogP contribution in [0.3, 0.4) is 0 Å². The van der Waals surface area contributed by atoms with Crippen molar-refractivity contribution >= 4 is 10.0 Å². The highest BCUT2D eigenvalue weighted by atomic mass is 32.2. The number of rotatable bonds is 8. The number of methoxy groups -OCH3 is 1. The zero-order chi connectivity index (χ0) is 13.6. The summed E-state index contributed by atoms with van der Waals surface area (Å²) >= 11 is 0. The average Bonchev–Trinajstić information content (AvgIpc) is 2.69. The lowest BCUT2D eigenvalue weighted by molar-refractivity contribution is 0.168. The van der Waals surface area contributed by atoms with Gasteiger partial charge in [0.25, 0.3) is 0 Å². The predicted molar refractivity (Wildman–Crippen MR) is 64.4 cm³/mol. The first-order chi connectivity index (χ1) is 8.49. The van der Waals surface area contributed by atoms with Crippen LogP contribution in [-0.4, -0.2) is 56.4 Å². The summed E-state index contributed by atoms with van der Waals surface area (Å²) in [6, 6.07) is 1.57. The van der Waals surface area contributed by atoms with Gasteiger partial charge in [-0.25, -0.2) is 8.42 Å². The molecule has 8 heteroatoms. The molecular formula is C10H18N2O5S. The zero-order valence-electron chi connectivity index (χ0n) is 10.5. The molecule has 1 heterocycles. The summed E-state index contributed by atoms with van der Waals surface area (Å²) < 4.78 is 35.0. The van der Waals surface area contributed by atoms with E-state index in [1.807, 2.05) is 0 Å². The van der Waals surface area contributed by atoms with Gasteiger partial charge >= 0.3 is 0 Å². The van der Waals surface area contributed by atoms with Crippen LogP contribution in [0, 0.1) is 6.92 Å². The van der Waals surface area contributed by atoms with E-state index in [-0.39, 0.29) is 32.1 Å². The molecule has 7 nitrogen and oxygen atoms in total. The fourth-order valence-electron chi connectivity index (χ4n) is 1.46. The Bertz CT molecular complexity index is 457. The van der Waals surface area contributed by atoms with Crippen LogP contribution >= 0.6 is 0 Å². The van der Waals surface area contributed by atoms with Crippen LogP contribution in [0.5, 0.6) is 0 Å². The normalized spacial score (nSPS) is 12.2. The number of aliphatic hydroxyl groups is 1. The van der Waals surface area contributed by atoms with E-state index in [9.17, 15) is 8.42 Å². The lowest BCUT2D eigenvalue weighted by Gasteiger charge is -2.20. The molecule has 104 valence electrons. The molecule has 0 aliphatic carbocycles. The number of aryl methyl sites for hydroxylation is 1. The van der Waals surface area contributed by atoms with Crippen molar-refractivity contribution < 1.29 is 22.8 Å². The third kappa shape index (κ3) is 4.37. The van der Waals surface area contributed by atoms with Gasteiger partial charge in [0.05, 0.1) is 13.2 Å². The van der Waals surface area contributed by atoms with Crippen LogP contribution in [0.25, 0.3) is 0 Å². The standard InChI is InChI=1S/C10H18N2O5S/c1-9-7-10(11-17-9)8-18(14,15)12(3-5-13)4-6-16-2/h7,13H,3-6,8H2,1-2H3. The lowest BCUT2D eigenvalue weighted by Crippen LogP contribution is -2.37. The van der Waals surface area contributed by atoms with Gasteiger partial charge in [0.1, 0.15) is 17.2 Å². The van der Waals surface area contributed by atoms with Crippen molar-refractivity contribution in [1.29, 1.82) is 0 Å². The first-order valence-corrected chi connectivity index (χ1v) is 7.10. The van der Waals surface area contributed by atoms with Crippen molar-refractivity contribution in [2.75, 3.05) is 33.4 Å². The Morgan fingerprint density at radius 2 is 2.22 bits per heavy atom. The van der Waals surface area contributed by atoms with E-state index in [1.54, 1.807) is 13.0 Å². The second-order valence-electron chi connectivity index (χ2n) is 3.80. The summed E-state index contributed by atoms with van der Waals surface area (Å²) in [6.07, 6.45) is 0. The summed E-state index contributed by atoms with van der Waals surface area (Å²) in [7, 11) is -2.03. The summed E-state index contributed by atoms with van der Waals surface area (Å²) in [5.74, 6) is 0.319. The second kappa shape index (κ2) is 6.83. The van der Waals surface area contributed by atoms with E-state index in [1.165, 1.54) is 11.4 Å². The minimum Gasteiger partial charge on any atom is -0.395 e. The molecule has 0 aliphatic heterocycles. The number of aliphatic hydroxyl groups excluding tert-OH is 1. The Morgan fingerprint density at radius 3 is 2.72 bits per heavy atom. The average molecular weight is 278 g/mol. The molecule has 1 rings (SSSR count). The van der Waals surface area contributed by atoms with Crippen molar-refractivity contribution in [2.45, 2.75) is 12.7 Å². The van der Waals surface area contributed by atoms with Crippen molar-refractivity contribution in [1.82, 2.24) is 9.46 Å². The second-order valence-corrected chi connectivity index (χ2v) is 5.77. The van der Waals surface area contributed by atoms with Crippen molar-refractivity contribution in [3.05, 3.63) is 17.5 Å². The molecule has 0 unspecified atom stereocenters. The van der Waals surface area contributed by atoms with Crippen LogP contribution in [0.15, 0.2) is 10.6 Å². The molecule has 1 N–H and O–H groups in total. The van der Waals surface area contributed by atoms with E-state index in [0.717, 1.165) is 0 Å². The molecule has 0 saturated heterocycles. The van der Waals surface area contributed by atoms with Gasteiger partial charge in [0.15, 0.2) is 0 Å². The molecule has 0 amide bonds.